The number of carbonyl (C=O) groups is 1. The zero-order chi connectivity index (χ0) is 31.3. The van der Waals surface area contributed by atoms with Crippen molar-refractivity contribution in [2.24, 2.45) is 0 Å². The van der Waals surface area contributed by atoms with Gasteiger partial charge in [-0.1, -0.05) is 116 Å². The highest BCUT2D eigenvalue weighted by atomic mass is 28.3. The highest BCUT2D eigenvalue weighted by Gasteiger charge is 2.64. The molecule has 0 spiro atoms. The van der Waals surface area contributed by atoms with Crippen LogP contribution in [0.25, 0.3) is 0 Å². The lowest BCUT2D eigenvalue weighted by Gasteiger charge is -2.54. The van der Waals surface area contributed by atoms with E-state index in [-0.39, 0.29) is 12.5 Å². The smallest absolute Gasteiger partial charge is 0.253 e. The van der Waals surface area contributed by atoms with E-state index < -0.39 is 49.4 Å². The Balaban J connectivity index is 1.41. The van der Waals surface area contributed by atoms with Crippen molar-refractivity contribution >= 4 is 14.0 Å². The van der Waals surface area contributed by atoms with Crippen molar-refractivity contribution in [2.45, 2.75) is 88.7 Å². The van der Waals surface area contributed by atoms with E-state index in [2.05, 4.69) is 61.4 Å². The van der Waals surface area contributed by atoms with Crippen LogP contribution in [0.5, 0.6) is 0 Å². The van der Waals surface area contributed by atoms with Gasteiger partial charge in [-0.05, 0) is 44.4 Å². The number of nitrogens with one attached hydrogen (secondary N) is 1. The summed E-state index contributed by atoms with van der Waals surface area (Å²) in [6.45, 7) is 14.5. The maximum absolute atomic E-state index is 12.9. The summed E-state index contributed by atoms with van der Waals surface area (Å²) < 4.78 is 33.5. The summed E-state index contributed by atoms with van der Waals surface area (Å²) in [5.41, 5.74) is 3.71. The number of ether oxygens (including phenoxy) is 5. The SMILES string of the molecule is CC(C)=C1C(=O)N[C@@]1(O[C@@H]1[C@H]2OC(C)(C)O[C@H]2O[C@@H]1COC(c1ccccc1)(c1ccccc1)c1ccccc1)[Si](C)(C)C. The van der Waals surface area contributed by atoms with Crippen LogP contribution in [0.4, 0.5) is 0 Å². The van der Waals surface area contributed by atoms with Crippen molar-refractivity contribution in [1.82, 2.24) is 5.32 Å². The Hall–Kier alpha value is -3.11. The van der Waals surface area contributed by atoms with Crippen molar-refractivity contribution in [3.05, 3.63) is 119 Å². The van der Waals surface area contributed by atoms with Crippen molar-refractivity contribution in [3.63, 3.8) is 0 Å². The van der Waals surface area contributed by atoms with Gasteiger partial charge in [-0.2, -0.15) is 0 Å². The molecule has 3 aromatic rings. The molecule has 3 fully saturated rings. The van der Waals surface area contributed by atoms with Crippen LogP contribution in [0.15, 0.2) is 102 Å². The van der Waals surface area contributed by atoms with Gasteiger partial charge in [-0.3, -0.25) is 4.79 Å². The minimum atomic E-state index is -2.19. The predicted octanol–water partition coefficient (Wildman–Crippen LogP) is 6.30. The van der Waals surface area contributed by atoms with Gasteiger partial charge < -0.3 is 29.0 Å². The molecule has 232 valence electrons. The summed E-state index contributed by atoms with van der Waals surface area (Å²) in [6, 6.07) is 30.8. The van der Waals surface area contributed by atoms with Crippen LogP contribution < -0.4 is 5.32 Å². The monoisotopic (exact) mass is 613 g/mol. The largest absolute Gasteiger partial charge is 0.358 e. The Labute approximate surface area is 261 Å². The van der Waals surface area contributed by atoms with E-state index in [9.17, 15) is 4.79 Å². The number of carbonyl (C=O) groups excluding carboxylic acids is 1. The zero-order valence-corrected chi connectivity index (χ0v) is 27.6. The van der Waals surface area contributed by atoms with Crippen molar-refractivity contribution in [3.8, 4) is 0 Å². The Morgan fingerprint density at radius 3 is 1.77 bits per heavy atom. The van der Waals surface area contributed by atoms with Crippen LogP contribution in [0.2, 0.25) is 19.6 Å². The van der Waals surface area contributed by atoms with Crippen molar-refractivity contribution < 1.29 is 28.5 Å². The molecule has 6 rings (SSSR count). The molecular weight excluding hydrogens is 570 g/mol. The molecule has 3 aromatic carbocycles. The van der Waals surface area contributed by atoms with E-state index in [1.807, 2.05) is 82.3 Å². The van der Waals surface area contributed by atoms with Crippen molar-refractivity contribution in [2.75, 3.05) is 6.61 Å². The quantitative estimate of drug-likeness (QED) is 0.132. The first kappa shape index (κ1) is 30.9. The molecule has 3 aliphatic rings. The van der Waals surface area contributed by atoms with E-state index in [1.54, 1.807) is 0 Å². The van der Waals surface area contributed by atoms with Gasteiger partial charge >= 0.3 is 0 Å². The molecule has 3 aliphatic heterocycles. The van der Waals surface area contributed by atoms with Crippen LogP contribution in [-0.4, -0.2) is 56.3 Å². The lowest BCUT2D eigenvalue weighted by atomic mass is 9.80. The van der Waals surface area contributed by atoms with Crippen LogP contribution >= 0.6 is 0 Å². The highest BCUT2D eigenvalue weighted by molar-refractivity contribution is 6.81. The third kappa shape index (κ3) is 5.17. The fourth-order valence-corrected chi connectivity index (χ4v) is 8.88. The molecule has 0 radical (unpaired) electrons. The minimum Gasteiger partial charge on any atom is -0.358 e. The van der Waals surface area contributed by atoms with Gasteiger partial charge in [0.05, 0.1) is 12.2 Å². The second-order valence-electron chi connectivity index (χ2n) is 13.6. The van der Waals surface area contributed by atoms with E-state index in [0.29, 0.717) is 5.57 Å². The number of allylic oxidation sites excluding steroid dienone is 1. The summed E-state index contributed by atoms with van der Waals surface area (Å²) >= 11 is 0. The first-order valence-electron chi connectivity index (χ1n) is 15.4. The van der Waals surface area contributed by atoms with Gasteiger partial charge in [-0.15, -0.1) is 0 Å². The molecule has 8 heteroatoms. The summed E-state index contributed by atoms with van der Waals surface area (Å²) in [5, 5.41) is 2.28. The molecule has 0 aromatic heterocycles. The standard InChI is InChI=1S/C36H43NO6Si/c1-24(2)29-32(38)37-36(29,44(5,6)7)42-30-28(40-33-31(30)41-34(3,4)43-33)23-39-35(25-17-11-8-12-18-25,26-19-13-9-14-20-26)27-21-15-10-16-22-27/h8-22,28,30-31,33H,23H2,1-7H3,(H,37,38)/t28-,30+,31-,33-,36+/m1/s1. The minimum absolute atomic E-state index is 0.0872. The van der Waals surface area contributed by atoms with Gasteiger partial charge in [0.15, 0.2) is 17.4 Å². The molecule has 3 heterocycles. The molecule has 7 nitrogen and oxygen atoms in total. The number of benzene rings is 3. The third-order valence-corrected chi connectivity index (χ3v) is 11.4. The number of hydrogen-bond donors (Lipinski definition) is 1. The second-order valence-corrected chi connectivity index (χ2v) is 18.8. The summed E-state index contributed by atoms with van der Waals surface area (Å²) in [7, 11) is -2.19. The maximum atomic E-state index is 12.9. The van der Waals surface area contributed by atoms with Crippen LogP contribution in [0.1, 0.15) is 44.4 Å². The molecule has 0 aliphatic carbocycles. The lowest BCUT2D eigenvalue weighted by Crippen LogP contribution is -2.77. The Morgan fingerprint density at radius 1 is 0.841 bits per heavy atom. The average Bonchev–Trinajstić information content (AvgIpc) is 3.44. The Bertz CT molecular complexity index is 1420. The third-order valence-electron chi connectivity index (χ3n) is 8.83. The number of hydrogen-bond acceptors (Lipinski definition) is 6. The van der Waals surface area contributed by atoms with E-state index in [4.69, 9.17) is 23.7 Å². The zero-order valence-electron chi connectivity index (χ0n) is 26.6. The number of fused-ring (bicyclic) bond motifs is 1. The van der Waals surface area contributed by atoms with E-state index in [1.165, 1.54) is 0 Å². The normalized spacial score (nSPS) is 27.9. The molecule has 44 heavy (non-hydrogen) atoms. The van der Waals surface area contributed by atoms with Crippen molar-refractivity contribution in [1.29, 1.82) is 0 Å². The van der Waals surface area contributed by atoms with Crippen LogP contribution in [0.3, 0.4) is 0 Å². The fourth-order valence-electron chi connectivity index (χ4n) is 6.79. The first-order chi connectivity index (χ1) is 20.9. The summed E-state index contributed by atoms with van der Waals surface area (Å²) in [6.07, 6.45) is -2.24. The topological polar surface area (TPSA) is 75.3 Å². The maximum Gasteiger partial charge on any atom is 0.253 e. The van der Waals surface area contributed by atoms with E-state index in [0.717, 1.165) is 22.3 Å². The average molecular weight is 614 g/mol. The number of rotatable bonds is 9. The first-order valence-corrected chi connectivity index (χ1v) is 18.9. The fraction of sp³-hybridized carbons (Fsp3) is 0.417. The number of amides is 1. The summed E-state index contributed by atoms with van der Waals surface area (Å²) in [5.74, 6) is -0.921. The molecule has 1 N–H and O–H groups in total. The molecule has 1 amide bonds. The molecule has 0 saturated carbocycles. The molecule has 3 saturated heterocycles. The van der Waals surface area contributed by atoms with Crippen LogP contribution in [0, 0.1) is 0 Å². The van der Waals surface area contributed by atoms with E-state index >= 15 is 0 Å². The van der Waals surface area contributed by atoms with Gasteiger partial charge in [0.1, 0.15) is 32.0 Å². The van der Waals surface area contributed by atoms with Crippen LogP contribution in [-0.2, 0) is 34.1 Å². The number of β-lactam (4-membered cyclic amide) rings is 1. The molecule has 5 atom stereocenters. The lowest BCUT2D eigenvalue weighted by molar-refractivity contribution is -0.234. The molecular formula is C36H43NO6Si. The van der Waals surface area contributed by atoms with Gasteiger partial charge in [0.25, 0.3) is 5.91 Å². The molecule has 0 bridgehead atoms. The molecule has 0 unspecified atom stereocenters. The van der Waals surface area contributed by atoms with Gasteiger partial charge in [0, 0.05) is 0 Å². The second kappa shape index (κ2) is 11.4. The Morgan fingerprint density at radius 2 is 1.34 bits per heavy atom. The van der Waals surface area contributed by atoms with Gasteiger partial charge in [-0.25, -0.2) is 0 Å². The highest BCUT2D eigenvalue weighted by Crippen LogP contribution is 2.47. The Kier molecular flexibility index (Phi) is 7.97. The van der Waals surface area contributed by atoms with Gasteiger partial charge in [0.2, 0.25) is 0 Å². The predicted molar refractivity (Wildman–Crippen MR) is 171 cm³/mol. The summed E-state index contributed by atoms with van der Waals surface area (Å²) in [4.78, 5) is 12.9.